The van der Waals surface area contributed by atoms with Crippen molar-refractivity contribution in [3.8, 4) is 5.75 Å². The lowest BCUT2D eigenvalue weighted by Gasteiger charge is -2.10. The number of esters is 1. The second-order valence-corrected chi connectivity index (χ2v) is 10.9. The van der Waals surface area contributed by atoms with Crippen LogP contribution in [0.3, 0.4) is 0 Å². The molecule has 0 atom stereocenters. The highest BCUT2D eigenvalue weighted by atomic mass is 16.5. The molecular weight excluding hydrogens is 508 g/mol. The van der Waals surface area contributed by atoms with Gasteiger partial charge in [0.05, 0.1) is 11.8 Å². The summed E-state index contributed by atoms with van der Waals surface area (Å²) in [5.41, 5.74) is 3.77. The van der Waals surface area contributed by atoms with E-state index < -0.39 is 5.97 Å². The van der Waals surface area contributed by atoms with Gasteiger partial charge in [-0.3, -0.25) is 4.79 Å². The Morgan fingerprint density at radius 3 is 1.88 bits per heavy atom. The van der Waals surface area contributed by atoms with E-state index in [1.807, 2.05) is 36.4 Å². The van der Waals surface area contributed by atoms with Gasteiger partial charge in [-0.25, -0.2) is 10.2 Å². The van der Waals surface area contributed by atoms with E-state index in [4.69, 9.17) is 4.74 Å². The molecule has 5 nitrogen and oxygen atoms in total. The number of ether oxygens (including phenoxy) is 1. The lowest BCUT2D eigenvalue weighted by atomic mass is 10.0. The zero-order valence-corrected chi connectivity index (χ0v) is 24.9. The van der Waals surface area contributed by atoms with Crippen LogP contribution in [0.4, 0.5) is 0 Å². The van der Waals surface area contributed by atoms with Crippen LogP contribution in [-0.4, -0.2) is 18.1 Å². The zero-order chi connectivity index (χ0) is 29.0. The van der Waals surface area contributed by atoms with Gasteiger partial charge in [0.1, 0.15) is 5.75 Å². The Kier molecular flexibility index (Phi) is 15.3. The molecule has 1 N–H and O–H groups in total. The van der Waals surface area contributed by atoms with Crippen molar-refractivity contribution in [1.82, 2.24) is 5.43 Å². The minimum atomic E-state index is -0.437. The number of rotatable bonds is 20. The van der Waals surface area contributed by atoms with E-state index in [-0.39, 0.29) is 5.91 Å². The largest absolute Gasteiger partial charge is 0.422 e. The van der Waals surface area contributed by atoms with Crippen LogP contribution >= 0.6 is 0 Å². The summed E-state index contributed by atoms with van der Waals surface area (Å²) < 4.78 is 5.71. The molecule has 1 amide bonds. The highest BCUT2D eigenvalue weighted by Crippen LogP contribution is 2.27. The molecule has 0 saturated heterocycles. The molecule has 3 aromatic rings. The van der Waals surface area contributed by atoms with E-state index in [1.165, 1.54) is 83.5 Å². The number of nitrogens with one attached hydrogen (secondary N) is 1. The molecule has 0 aliphatic heterocycles. The Morgan fingerprint density at radius 2 is 1.24 bits per heavy atom. The molecule has 0 spiro atoms. The number of unbranched alkanes of at least 4 members (excludes halogenated alkanes) is 14. The van der Waals surface area contributed by atoms with Gasteiger partial charge in [-0.2, -0.15) is 5.10 Å². The highest BCUT2D eigenvalue weighted by molar-refractivity contribution is 6.04. The second kappa shape index (κ2) is 19.6. The zero-order valence-electron chi connectivity index (χ0n) is 24.9. The van der Waals surface area contributed by atoms with Gasteiger partial charge in [0, 0.05) is 12.0 Å². The molecule has 0 radical (unpaired) electrons. The average Bonchev–Trinajstić information content (AvgIpc) is 3.00. The fourth-order valence-corrected chi connectivity index (χ4v) is 5.11. The first kappa shape index (κ1) is 32.0. The first-order chi connectivity index (χ1) is 20.2. The van der Waals surface area contributed by atoms with Gasteiger partial charge in [0.15, 0.2) is 0 Å². The first-order valence-electron chi connectivity index (χ1n) is 15.8. The Bertz CT molecular complexity index is 1210. The van der Waals surface area contributed by atoms with Crippen LogP contribution < -0.4 is 10.2 Å². The van der Waals surface area contributed by atoms with Gasteiger partial charge in [-0.15, -0.1) is 0 Å². The Morgan fingerprint density at radius 1 is 0.683 bits per heavy atom. The molecule has 0 aliphatic rings. The third-order valence-electron chi connectivity index (χ3n) is 7.53. The lowest BCUT2D eigenvalue weighted by molar-refractivity contribution is -0.121. The molecule has 5 heteroatoms. The topological polar surface area (TPSA) is 67.8 Å². The van der Waals surface area contributed by atoms with Crippen molar-refractivity contribution < 1.29 is 14.3 Å². The number of nitrogens with zero attached hydrogens (tertiary/aromatic N) is 1. The summed E-state index contributed by atoms with van der Waals surface area (Å²) in [6.45, 7) is 2.27. The summed E-state index contributed by atoms with van der Waals surface area (Å²) in [4.78, 5) is 25.0. The van der Waals surface area contributed by atoms with Crippen LogP contribution in [-0.2, 0) is 4.79 Å². The minimum absolute atomic E-state index is 0.0981. The Hall–Kier alpha value is -3.47. The van der Waals surface area contributed by atoms with Gasteiger partial charge in [0.25, 0.3) is 0 Å². The van der Waals surface area contributed by atoms with Crippen LogP contribution in [0, 0.1) is 0 Å². The van der Waals surface area contributed by atoms with Crippen LogP contribution in [0.2, 0.25) is 0 Å². The first-order valence-corrected chi connectivity index (χ1v) is 15.8. The van der Waals surface area contributed by atoms with E-state index in [1.54, 1.807) is 36.5 Å². The standard InChI is InChI=1S/C36H48N2O3/c1-2-3-4-5-6-7-8-9-10-11-12-13-14-15-19-26-35(39)38-37-29-33-32-25-21-20-22-30(32)27-28-34(33)41-36(40)31-23-17-16-18-24-31/h16-18,20-25,27-29H,2-15,19,26H2,1H3,(H,38,39)/b37-29-. The normalized spacial score (nSPS) is 11.2. The number of fused-ring (bicyclic) bond motifs is 1. The summed E-state index contributed by atoms with van der Waals surface area (Å²) in [5.74, 6) is -0.135. The highest BCUT2D eigenvalue weighted by Gasteiger charge is 2.13. The summed E-state index contributed by atoms with van der Waals surface area (Å²) in [6, 6.07) is 20.4. The second-order valence-electron chi connectivity index (χ2n) is 10.9. The third-order valence-corrected chi connectivity index (χ3v) is 7.53. The van der Waals surface area contributed by atoms with Crippen LogP contribution in [0.25, 0.3) is 10.8 Å². The van der Waals surface area contributed by atoms with Gasteiger partial charge in [0.2, 0.25) is 5.91 Å². The van der Waals surface area contributed by atoms with Crippen LogP contribution in [0.15, 0.2) is 71.8 Å². The number of amides is 1. The SMILES string of the molecule is CCCCCCCCCCCCCCCCCC(=O)N/N=C\c1c(OC(=O)c2ccccc2)ccc2ccccc12. The van der Waals surface area contributed by atoms with Gasteiger partial charge >= 0.3 is 5.97 Å². The average molecular weight is 557 g/mol. The smallest absolute Gasteiger partial charge is 0.343 e. The monoisotopic (exact) mass is 556 g/mol. The molecule has 0 aliphatic carbocycles. The van der Waals surface area contributed by atoms with E-state index >= 15 is 0 Å². The number of benzene rings is 3. The summed E-state index contributed by atoms with van der Waals surface area (Å²) in [5, 5.41) is 6.10. The molecule has 0 aromatic heterocycles. The maximum atomic E-state index is 12.7. The molecule has 0 fully saturated rings. The van der Waals surface area contributed by atoms with Crippen LogP contribution in [0.5, 0.6) is 5.75 Å². The molecule has 220 valence electrons. The summed E-state index contributed by atoms with van der Waals surface area (Å²) in [6.07, 6.45) is 21.5. The number of hydrogen-bond acceptors (Lipinski definition) is 4. The predicted octanol–water partition coefficient (Wildman–Crippen LogP) is 9.77. The number of hydrazone groups is 1. The Balaban J connectivity index is 1.33. The molecule has 3 aromatic carbocycles. The fourth-order valence-electron chi connectivity index (χ4n) is 5.11. The van der Waals surface area contributed by atoms with Gasteiger partial charge in [-0.05, 0) is 35.4 Å². The van der Waals surface area contributed by atoms with Crippen molar-refractivity contribution in [3.63, 3.8) is 0 Å². The van der Waals surface area contributed by atoms with Crippen molar-refractivity contribution in [3.05, 3.63) is 77.9 Å². The molecule has 3 rings (SSSR count). The minimum Gasteiger partial charge on any atom is -0.422 e. The van der Waals surface area contributed by atoms with Gasteiger partial charge in [-0.1, -0.05) is 145 Å². The third kappa shape index (κ3) is 12.3. The summed E-state index contributed by atoms with van der Waals surface area (Å²) in [7, 11) is 0. The van der Waals surface area contributed by atoms with E-state index in [0.717, 1.165) is 23.6 Å². The number of carbonyl (C=O) groups excluding carboxylic acids is 2. The van der Waals surface area contributed by atoms with Crippen LogP contribution in [0.1, 0.15) is 126 Å². The van der Waals surface area contributed by atoms with Gasteiger partial charge < -0.3 is 4.74 Å². The molecule has 0 saturated carbocycles. The fraction of sp³-hybridized carbons (Fsp3) is 0.472. The van der Waals surface area contributed by atoms with E-state index in [9.17, 15) is 9.59 Å². The quantitative estimate of drug-likeness (QED) is 0.0495. The number of hydrogen-bond donors (Lipinski definition) is 1. The molecule has 41 heavy (non-hydrogen) atoms. The molecule has 0 heterocycles. The molecular formula is C36H48N2O3. The van der Waals surface area contributed by atoms with E-state index in [0.29, 0.717) is 23.3 Å². The van der Waals surface area contributed by atoms with Crippen molar-refractivity contribution in [2.45, 2.75) is 110 Å². The number of carbonyl (C=O) groups is 2. The van der Waals surface area contributed by atoms with Crippen molar-refractivity contribution in [2.75, 3.05) is 0 Å². The molecule has 0 bridgehead atoms. The predicted molar refractivity (Wildman–Crippen MR) is 171 cm³/mol. The maximum Gasteiger partial charge on any atom is 0.343 e. The van der Waals surface area contributed by atoms with E-state index in [2.05, 4.69) is 17.5 Å². The summed E-state index contributed by atoms with van der Waals surface area (Å²) >= 11 is 0. The maximum absolute atomic E-state index is 12.7. The Labute approximate surface area is 246 Å². The van der Waals surface area contributed by atoms with Crippen molar-refractivity contribution in [2.24, 2.45) is 5.10 Å². The lowest BCUT2D eigenvalue weighted by Crippen LogP contribution is -2.17. The van der Waals surface area contributed by atoms with Crippen molar-refractivity contribution in [1.29, 1.82) is 0 Å². The molecule has 0 unspecified atom stereocenters. The van der Waals surface area contributed by atoms with Crippen molar-refractivity contribution >= 4 is 28.9 Å².